The van der Waals surface area contributed by atoms with Crippen LogP contribution < -0.4 is 10.9 Å². The van der Waals surface area contributed by atoms with Crippen LogP contribution in [0.3, 0.4) is 0 Å². The summed E-state index contributed by atoms with van der Waals surface area (Å²) in [6, 6.07) is 6.41. The smallest absolute Gasteiger partial charge is 0.273 e. The van der Waals surface area contributed by atoms with Crippen molar-refractivity contribution in [3.05, 3.63) is 56.8 Å². The van der Waals surface area contributed by atoms with E-state index in [-0.39, 0.29) is 12.0 Å². The number of carbonyl (C=O) groups is 2. The van der Waals surface area contributed by atoms with Gasteiger partial charge in [0, 0.05) is 4.88 Å². The van der Waals surface area contributed by atoms with Crippen LogP contribution in [0.1, 0.15) is 44.6 Å². The lowest BCUT2D eigenvalue weighted by Crippen LogP contribution is -2.42. The van der Waals surface area contributed by atoms with Crippen molar-refractivity contribution in [2.75, 3.05) is 0 Å². The second-order valence-corrected chi connectivity index (χ2v) is 7.92. The number of nitrogens with one attached hydrogen (secondary N) is 2. The first-order valence-electron chi connectivity index (χ1n) is 8.59. The highest BCUT2D eigenvalue weighted by atomic mass is 32.1. The van der Waals surface area contributed by atoms with Gasteiger partial charge in [-0.25, -0.2) is 0 Å². The molecule has 0 bridgehead atoms. The number of thiophene rings is 1. The third-order valence-corrected chi connectivity index (χ3v) is 5.72. The van der Waals surface area contributed by atoms with Gasteiger partial charge in [-0.1, -0.05) is 25.1 Å². The Kier molecular flexibility index (Phi) is 5.55. The fourth-order valence-corrected chi connectivity index (χ4v) is 4.20. The van der Waals surface area contributed by atoms with Crippen molar-refractivity contribution in [2.24, 2.45) is 5.92 Å². The van der Waals surface area contributed by atoms with Crippen molar-refractivity contribution in [3.63, 3.8) is 0 Å². The lowest BCUT2D eigenvalue weighted by Gasteiger charge is -2.16. The number of carbonyl (C=O) groups excluding carboxylic acids is 2. The molecule has 3 rings (SSSR count). The molecule has 0 aliphatic heterocycles. The Morgan fingerprint density at radius 2 is 2.00 bits per heavy atom. The minimum atomic E-state index is -4.46. The first-order valence-corrected chi connectivity index (χ1v) is 9.41. The molecule has 1 aliphatic carbocycles. The number of amides is 2. The first-order chi connectivity index (χ1) is 12.7. The number of rotatable bonds is 3. The number of alkyl halides is 3. The number of aryl methyl sites for hydroxylation is 1. The number of hydrogen-bond acceptors (Lipinski definition) is 3. The largest absolute Gasteiger partial charge is 0.416 e. The molecule has 0 saturated heterocycles. The van der Waals surface area contributed by atoms with E-state index in [0.717, 1.165) is 31.4 Å². The summed E-state index contributed by atoms with van der Waals surface area (Å²) in [6.07, 6.45) is -1.72. The van der Waals surface area contributed by atoms with Gasteiger partial charge >= 0.3 is 6.18 Å². The summed E-state index contributed by atoms with van der Waals surface area (Å²) in [5, 5.41) is 0. The minimum Gasteiger partial charge on any atom is -0.273 e. The standard InChI is InChI=1S/C19H19F3N2O2S/c1-11-5-6-15-13(7-11)10-16(27-15)18(26)24-23-17(25)9-12-3-2-4-14(8-12)19(20,21)22/h2-4,8,10-11H,5-7,9H2,1H3,(H,23,25)(H,24,26)/t11-/m0/s1. The molecule has 27 heavy (non-hydrogen) atoms. The maximum Gasteiger partial charge on any atom is 0.416 e. The summed E-state index contributed by atoms with van der Waals surface area (Å²) >= 11 is 1.42. The van der Waals surface area contributed by atoms with E-state index in [0.29, 0.717) is 10.8 Å². The third-order valence-electron chi connectivity index (χ3n) is 4.49. The summed E-state index contributed by atoms with van der Waals surface area (Å²) in [6.45, 7) is 2.17. The molecule has 1 aromatic heterocycles. The summed E-state index contributed by atoms with van der Waals surface area (Å²) in [5.74, 6) is -0.410. The summed E-state index contributed by atoms with van der Waals surface area (Å²) in [7, 11) is 0. The van der Waals surface area contributed by atoms with Crippen molar-refractivity contribution in [1.82, 2.24) is 10.9 Å². The molecule has 1 aliphatic rings. The zero-order valence-corrected chi connectivity index (χ0v) is 15.5. The van der Waals surface area contributed by atoms with Gasteiger partial charge in [-0.05, 0) is 48.4 Å². The van der Waals surface area contributed by atoms with Gasteiger partial charge in [0.1, 0.15) is 0 Å². The van der Waals surface area contributed by atoms with E-state index in [9.17, 15) is 22.8 Å². The minimum absolute atomic E-state index is 0.220. The monoisotopic (exact) mass is 396 g/mol. The molecule has 1 atom stereocenters. The highest BCUT2D eigenvalue weighted by Gasteiger charge is 2.30. The van der Waals surface area contributed by atoms with Crippen LogP contribution in [-0.2, 0) is 30.2 Å². The third kappa shape index (κ3) is 4.88. The molecule has 8 heteroatoms. The van der Waals surface area contributed by atoms with E-state index in [4.69, 9.17) is 0 Å². The Labute approximate surface area is 158 Å². The normalized spacial score (nSPS) is 16.5. The van der Waals surface area contributed by atoms with Crippen LogP contribution in [0.2, 0.25) is 0 Å². The number of halogens is 3. The number of hydrazine groups is 1. The van der Waals surface area contributed by atoms with Gasteiger partial charge in [0.2, 0.25) is 5.91 Å². The highest BCUT2D eigenvalue weighted by molar-refractivity contribution is 7.14. The van der Waals surface area contributed by atoms with Crippen molar-refractivity contribution < 1.29 is 22.8 Å². The fraction of sp³-hybridized carbons (Fsp3) is 0.368. The van der Waals surface area contributed by atoms with E-state index in [1.165, 1.54) is 33.9 Å². The molecule has 0 unspecified atom stereocenters. The maximum absolute atomic E-state index is 12.7. The van der Waals surface area contributed by atoms with Gasteiger partial charge in [-0.3, -0.25) is 20.4 Å². The highest BCUT2D eigenvalue weighted by Crippen LogP contribution is 2.32. The average molecular weight is 396 g/mol. The molecule has 0 fully saturated rings. The van der Waals surface area contributed by atoms with Crippen LogP contribution in [0.25, 0.3) is 0 Å². The molecule has 2 amide bonds. The van der Waals surface area contributed by atoms with E-state index in [2.05, 4.69) is 17.8 Å². The van der Waals surface area contributed by atoms with Gasteiger partial charge in [0.05, 0.1) is 16.9 Å². The maximum atomic E-state index is 12.7. The van der Waals surface area contributed by atoms with Gasteiger partial charge < -0.3 is 0 Å². The molecule has 1 aromatic carbocycles. The van der Waals surface area contributed by atoms with Gasteiger partial charge in [-0.15, -0.1) is 11.3 Å². The zero-order valence-electron chi connectivity index (χ0n) is 14.7. The van der Waals surface area contributed by atoms with Gasteiger partial charge in [0.15, 0.2) is 0 Å². The lowest BCUT2D eigenvalue weighted by atomic mass is 9.90. The topological polar surface area (TPSA) is 58.2 Å². The Morgan fingerprint density at radius 3 is 2.74 bits per heavy atom. The fourth-order valence-electron chi connectivity index (χ4n) is 3.09. The van der Waals surface area contributed by atoms with Crippen molar-refractivity contribution in [1.29, 1.82) is 0 Å². The van der Waals surface area contributed by atoms with E-state index >= 15 is 0 Å². The quantitative estimate of drug-likeness (QED) is 0.774. The van der Waals surface area contributed by atoms with E-state index in [1.54, 1.807) is 0 Å². The Balaban J connectivity index is 1.56. The molecule has 2 aromatic rings. The first kappa shape index (κ1) is 19.4. The Bertz CT molecular complexity index is 861. The average Bonchev–Trinajstić information content (AvgIpc) is 3.02. The van der Waals surface area contributed by atoms with E-state index < -0.39 is 23.6 Å². The number of benzene rings is 1. The van der Waals surface area contributed by atoms with Crippen LogP contribution >= 0.6 is 11.3 Å². The zero-order chi connectivity index (χ0) is 19.6. The van der Waals surface area contributed by atoms with E-state index in [1.807, 2.05) is 6.07 Å². The van der Waals surface area contributed by atoms with Crippen molar-refractivity contribution in [2.45, 2.75) is 38.8 Å². The van der Waals surface area contributed by atoms with Crippen LogP contribution in [0.5, 0.6) is 0 Å². The molecule has 0 radical (unpaired) electrons. The SMILES string of the molecule is C[C@H]1CCc2sc(C(=O)NNC(=O)Cc3cccc(C(F)(F)F)c3)cc2C1. The summed E-state index contributed by atoms with van der Waals surface area (Å²) < 4.78 is 38.1. The molecule has 2 N–H and O–H groups in total. The molecule has 144 valence electrons. The van der Waals surface area contributed by atoms with Crippen molar-refractivity contribution in [3.8, 4) is 0 Å². The summed E-state index contributed by atoms with van der Waals surface area (Å²) in [5.41, 5.74) is 5.19. The number of fused-ring (bicyclic) bond motifs is 1. The molecule has 0 spiro atoms. The predicted octanol–water partition coefficient (Wildman–Crippen LogP) is 3.90. The predicted molar refractivity (Wildman–Crippen MR) is 96.3 cm³/mol. The molecule has 1 heterocycles. The van der Waals surface area contributed by atoms with Crippen molar-refractivity contribution >= 4 is 23.2 Å². The second-order valence-electron chi connectivity index (χ2n) is 6.78. The molecular weight excluding hydrogens is 377 g/mol. The molecular formula is C19H19F3N2O2S. The Hall–Kier alpha value is -2.35. The molecule has 4 nitrogen and oxygen atoms in total. The van der Waals surface area contributed by atoms with Crippen LogP contribution in [0, 0.1) is 5.92 Å². The second kappa shape index (κ2) is 7.72. The van der Waals surface area contributed by atoms with Crippen LogP contribution in [-0.4, -0.2) is 11.8 Å². The number of hydrogen-bond donors (Lipinski definition) is 2. The van der Waals surface area contributed by atoms with Crippen LogP contribution in [0.4, 0.5) is 13.2 Å². The summed E-state index contributed by atoms with van der Waals surface area (Å²) in [4.78, 5) is 25.9. The Morgan fingerprint density at radius 1 is 1.22 bits per heavy atom. The van der Waals surface area contributed by atoms with Gasteiger partial charge in [0.25, 0.3) is 5.91 Å². The van der Waals surface area contributed by atoms with Crippen LogP contribution in [0.15, 0.2) is 30.3 Å². The van der Waals surface area contributed by atoms with Gasteiger partial charge in [-0.2, -0.15) is 13.2 Å². The lowest BCUT2D eigenvalue weighted by molar-refractivity contribution is -0.137. The molecule has 0 saturated carbocycles.